The van der Waals surface area contributed by atoms with Gasteiger partial charge in [0.2, 0.25) is 0 Å². The highest BCUT2D eigenvalue weighted by atomic mass is 32.1. The molecule has 0 radical (unpaired) electrons. The summed E-state index contributed by atoms with van der Waals surface area (Å²) in [5, 5.41) is 3.50. The standard InChI is InChI=1S/C16H25N3S/c1-11(2)7-17-8-15-9-18-10-19(15)13(4)16-6-12(3)20-14(16)5/h6,9-11,13,17H,7-8H2,1-5H3. The van der Waals surface area contributed by atoms with Crippen LogP contribution in [0.3, 0.4) is 0 Å². The van der Waals surface area contributed by atoms with Gasteiger partial charge < -0.3 is 9.88 Å². The van der Waals surface area contributed by atoms with Crippen molar-refractivity contribution in [3.8, 4) is 0 Å². The summed E-state index contributed by atoms with van der Waals surface area (Å²) >= 11 is 1.87. The van der Waals surface area contributed by atoms with Crippen molar-refractivity contribution in [2.24, 2.45) is 5.92 Å². The summed E-state index contributed by atoms with van der Waals surface area (Å²) in [4.78, 5) is 7.12. The third-order valence-electron chi connectivity index (χ3n) is 3.55. The molecule has 0 spiro atoms. The summed E-state index contributed by atoms with van der Waals surface area (Å²) in [6, 6.07) is 2.65. The summed E-state index contributed by atoms with van der Waals surface area (Å²) in [6.45, 7) is 13.0. The van der Waals surface area contributed by atoms with Crippen LogP contribution in [0.25, 0.3) is 0 Å². The van der Waals surface area contributed by atoms with Crippen molar-refractivity contribution in [1.29, 1.82) is 0 Å². The Labute approximate surface area is 126 Å². The van der Waals surface area contributed by atoms with Gasteiger partial charge in [-0.2, -0.15) is 0 Å². The van der Waals surface area contributed by atoms with Gasteiger partial charge in [0, 0.05) is 22.5 Å². The Balaban J connectivity index is 2.12. The summed E-state index contributed by atoms with van der Waals surface area (Å²) in [5.41, 5.74) is 2.66. The molecule has 3 nitrogen and oxygen atoms in total. The highest BCUT2D eigenvalue weighted by Gasteiger charge is 2.15. The molecule has 110 valence electrons. The first-order chi connectivity index (χ1) is 9.49. The van der Waals surface area contributed by atoms with E-state index in [9.17, 15) is 0 Å². The van der Waals surface area contributed by atoms with Crippen molar-refractivity contribution in [3.05, 3.63) is 39.6 Å². The monoisotopic (exact) mass is 291 g/mol. The molecule has 1 N–H and O–H groups in total. The summed E-state index contributed by atoms with van der Waals surface area (Å²) in [7, 11) is 0. The minimum Gasteiger partial charge on any atom is -0.326 e. The molecule has 20 heavy (non-hydrogen) atoms. The van der Waals surface area contributed by atoms with Crippen LogP contribution in [0.4, 0.5) is 0 Å². The Hall–Kier alpha value is -1.13. The first kappa shape index (κ1) is 15.3. The second kappa shape index (κ2) is 6.55. The van der Waals surface area contributed by atoms with E-state index in [1.165, 1.54) is 21.0 Å². The maximum absolute atomic E-state index is 4.33. The van der Waals surface area contributed by atoms with Gasteiger partial charge in [-0.05, 0) is 44.9 Å². The number of hydrogen-bond donors (Lipinski definition) is 1. The summed E-state index contributed by atoms with van der Waals surface area (Å²) in [5.74, 6) is 0.672. The van der Waals surface area contributed by atoms with Crippen molar-refractivity contribution >= 4 is 11.3 Å². The predicted octanol–water partition coefficient (Wildman–Crippen LogP) is 3.92. The highest BCUT2D eigenvalue weighted by molar-refractivity contribution is 7.12. The van der Waals surface area contributed by atoms with Gasteiger partial charge in [-0.15, -0.1) is 11.3 Å². The minimum atomic E-state index is 0.346. The number of rotatable bonds is 6. The Morgan fingerprint density at radius 1 is 1.30 bits per heavy atom. The zero-order valence-corrected chi connectivity index (χ0v) is 13.9. The van der Waals surface area contributed by atoms with Crippen LogP contribution in [-0.4, -0.2) is 16.1 Å². The molecule has 0 aromatic carbocycles. The van der Waals surface area contributed by atoms with Crippen molar-refractivity contribution in [2.75, 3.05) is 6.54 Å². The molecule has 2 aromatic rings. The fourth-order valence-electron chi connectivity index (χ4n) is 2.52. The van der Waals surface area contributed by atoms with E-state index in [1.807, 2.05) is 23.9 Å². The quantitative estimate of drug-likeness (QED) is 0.874. The lowest BCUT2D eigenvalue weighted by molar-refractivity contribution is 0.525. The predicted molar refractivity (Wildman–Crippen MR) is 86.4 cm³/mol. The number of thiophene rings is 1. The number of nitrogens with one attached hydrogen (secondary N) is 1. The molecule has 0 aliphatic rings. The highest BCUT2D eigenvalue weighted by Crippen LogP contribution is 2.29. The normalized spacial score (nSPS) is 13.1. The van der Waals surface area contributed by atoms with E-state index < -0.39 is 0 Å². The third kappa shape index (κ3) is 3.49. The van der Waals surface area contributed by atoms with E-state index in [0.717, 1.165) is 13.1 Å². The van der Waals surface area contributed by atoms with Gasteiger partial charge in [0.1, 0.15) is 0 Å². The van der Waals surface area contributed by atoms with Crippen molar-refractivity contribution in [3.63, 3.8) is 0 Å². The molecule has 2 heterocycles. The minimum absolute atomic E-state index is 0.346. The third-order valence-corrected chi connectivity index (χ3v) is 4.53. The van der Waals surface area contributed by atoms with Crippen LogP contribution in [0.2, 0.25) is 0 Å². The maximum Gasteiger partial charge on any atom is 0.0954 e. The fraction of sp³-hybridized carbons (Fsp3) is 0.562. The lowest BCUT2D eigenvalue weighted by Gasteiger charge is -2.17. The summed E-state index contributed by atoms with van der Waals surface area (Å²) in [6.07, 6.45) is 3.92. The fourth-order valence-corrected chi connectivity index (χ4v) is 3.54. The Morgan fingerprint density at radius 2 is 2.05 bits per heavy atom. The van der Waals surface area contributed by atoms with E-state index in [2.05, 4.69) is 55.6 Å². The Morgan fingerprint density at radius 3 is 2.65 bits per heavy atom. The van der Waals surface area contributed by atoms with Gasteiger partial charge >= 0.3 is 0 Å². The second-order valence-corrected chi connectivity index (χ2v) is 7.32. The van der Waals surface area contributed by atoms with Gasteiger partial charge in [-0.1, -0.05) is 13.8 Å². The molecule has 2 rings (SSSR count). The van der Waals surface area contributed by atoms with E-state index in [1.54, 1.807) is 0 Å². The van der Waals surface area contributed by atoms with E-state index in [-0.39, 0.29) is 0 Å². The first-order valence-corrected chi connectivity index (χ1v) is 8.09. The van der Waals surface area contributed by atoms with Crippen LogP contribution in [0.5, 0.6) is 0 Å². The summed E-state index contributed by atoms with van der Waals surface area (Å²) < 4.78 is 2.28. The van der Waals surface area contributed by atoms with Gasteiger partial charge in [-0.3, -0.25) is 0 Å². The van der Waals surface area contributed by atoms with Crippen LogP contribution < -0.4 is 5.32 Å². The zero-order chi connectivity index (χ0) is 14.7. The number of aryl methyl sites for hydroxylation is 2. The Kier molecular flexibility index (Phi) is 5.00. The van der Waals surface area contributed by atoms with Gasteiger partial charge in [-0.25, -0.2) is 4.98 Å². The van der Waals surface area contributed by atoms with Crippen LogP contribution in [0.15, 0.2) is 18.6 Å². The molecule has 0 saturated carbocycles. The van der Waals surface area contributed by atoms with Crippen molar-refractivity contribution in [1.82, 2.24) is 14.9 Å². The largest absolute Gasteiger partial charge is 0.326 e. The van der Waals surface area contributed by atoms with Crippen molar-refractivity contribution in [2.45, 2.75) is 47.2 Å². The van der Waals surface area contributed by atoms with Crippen LogP contribution in [0.1, 0.15) is 47.8 Å². The average Bonchev–Trinajstić information content (AvgIpc) is 2.95. The van der Waals surface area contributed by atoms with Crippen LogP contribution in [0, 0.1) is 19.8 Å². The number of nitrogens with zero attached hydrogens (tertiary/aromatic N) is 2. The van der Waals surface area contributed by atoms with E-state index in [4.69, 9.17) is 0 Å². The second-order valence-electron chi connectivity index (χ2n) is 5.86. The molecule has 0 aliphatic heterocycles. The lowest BCUT2D eigenvalue weighted by atomic mass is 10.1. The van der Waals surface area contributed by atoms with E-state index in [0.29, 0.717) is 12.0 Å². The smallest absolute Gasteiger partial charge is 0.0954 e. The SMILES string of the molecule is Cc1cc(C(C)n2cncc2CNCC(C)C)c(C)s1. The zero-order valence-electron chi connectivity index (χ0n) is 13.1. The molecule has 0 fully saturated rings. The number of imidazole rings is 1. The average molecular weight is 291 g/mol. The molecule has 0 amide bonds. The van der Waals surface area contributed by atoms with E-state index >= 15 is 0 Å². The molecule has 4 heteroatoms. The van der Waals surface area contributed by atoms with Gasteiger partial charge in [0.25, 0.3) is 0 Å². The van der Waals surface area contributed by atoms with Crippen LogP contribution in [-0.2, 0) is 6.54 Å². The van der Waals surface area contributed by atoms with Gasteiger partial charge in [0.05, 0.1) is 18.1 Å². The topological polar surface area (TPSA) is 29.9 Å². The molecule has 1 unspecified atom stereocenters. The van der Waals surface area contributed by atoms with Crippen LogP contribution >= 0.6 is 11.3 Å². The number of hydrogen-bond acceptors (Lipinski definition) is 3. The molecule has 1 atom stereocenters. The molecule has 0 bridgehead atoms. The molecule has 2 aromatic heterocycles. The lowest BCUT2D eigenvalue weighted by Crippen LogP contribution is -2.21. The molecular formula is C16H25N3S. The molecular weight excluding hydrogens is 266 g/mol. The first-order valence-electron chi connectivity index (χ1n) is 7.27. The number of aromatic nitrogens is 2. The van der Waals surface area contributed by atoms with Gasteiger partial charge in [0.15, 0.2) is 0 Å². The maximum atomic E-state index is 4.33. The molecule has 0 saturated heterocycles. The van der Waals surface area contributed by atoms with Crippen molar-refractivity contribution < 1.29 is 0 Å². The Bertz CT molecular complexity index is 554. The molecule has 0 aliphatic carbocycles.